The van der Waals surface area contributed by atoms with Gasteiger partial charge >= 0.3 is 0 Å². The van der Waals surface area contributed by atoms with Crippen LogP contribution in [0.1, 0.15) is 454 Å². The molecule has 0 bridgehead atoms. The van der Waals surface area contributed by atoms with Crippen molar-refractivity contribution < 1.29 is 0 Å². The first kappa shape index (κ1) is 131. The average molecular weight is 1740 g/mol. The van der Waals surface area contributed by atoms with Crippen LogP contribution in [0.3, 0.4) is 0 Å². The van der Waals surface area contributed by atoms with Gasteiger partial charge in [-0.05, 0) is 232 Å². The van der Waals surface area contributed by atoms with Gasteiger partial charge in [0.1, 0.15) is 0 Å². The Morgan fingerprint density at radius 2 is 0.476 bits per heavy atom. The molecule has 7 aromatic rings. The van der Waals surface area contributed by atoms with Crippen molar-refractivity contribution >= 4 is 0 Å². The van der Waals surface area contributed by atoms with E-state index >= 15 is 0 Å². The molecule has 2 aromatic heterocycles. The van der Waals surface area contributed by atoms with Crippen molar-refractivity contribution in [3.63, 3.8) is 0 Å². The zero-order valence-electron chi connectivity index (χ0n) is 91.4. The van der Waals surface area contributed by atoms with E-state index in [2.05, 4.69) is 410 Å². The molecule has 7 rings (SSSR count). The Balaban J connectivity index is -0.000000312. The van der Waals surface area contributed by atoms with E-state index in [-0.39, 0.29) is 0 Å². The number of nitrogens with zero attached hydrogens (tertiary/aromatic N) is 3. The second-order valence-electron chi connectivity index (χ2n) is 42.5. The summed E-state index contributed by atoms with van der Waals surface area (Å²) in [5.74, 6) is 12.9. The van der Waals surface area contributed by atoms with Crippen LogP contribution >= 0.6 is 0 Å². The zero-order chi connectivity index (χ0) is 96.5. The summed E-state index contributed by atoms with van der Waals surface area (Å²) < 4.78 is 1.86. The number of aryl methyl sites for hydroxylation is 9. The van der Waals surface area contributed by atoms with E-state index in [1.54, 1.807) is 0 Å². The van der Waals surface area contributed by atoms with E-state index in [9.17, 15) is 0 Å². The average Bonchev–Trinajstić information content (AvgIpc) is 1.02. The van der Waals surface area contributed by atoms with Crippen LogP contribution < -0.4 is 0 Å². The van der Waals surface area contributed by atoms with Crippen molar-refractivity contribution in [1.82, 2.24) is 14.8 Å². The lowest BCUT2D eigenvalue weighted by Crippen LogP contribution is -1.94. The molecule has 0 radical (unpaired) electrons. The van der Waals surface area contributed by atoms with Gasteiger partial charge in [0.25, 0.3) is 0 Å². The number of rotatable bonds is 43. The minimum absolute atomic E-state index is 0.775. The van der Waals surface area contributed by atoms with Crippen LogP contribution in [0.5, 0.6) is 0 Å². The van der Waals surface area contributed by atoms with Crippen molar-refractivity contribution in [3.8, 4) is 0 Å². The quantitative estimate of drug-likeness (QED) is 0.0357. The fourth-order valence-corrected chi connectivity index (χ4v) is 12.3. The van der Waals surface area contributed by atoms with E-state index in [0.717, 1.165) is 102 Å². The molecule has 0 amide bonds. The third kappa shape index (κ3) is 116. The first-order valence-corrected chi connectivity index (χ1v) is 52.7. The van der Waals surface area contributed by atoms with Gasteiger partial charge < -0.3 is 0 Å². The van der Waals surface area contributed by atoms with Crippen LogP contribution in [-0.2, 0) is 52.0 Å². The smallest absolute Gasteiger partial charge is 0.0624 e. The Morgan fingerprint density at radius 1 is 0.214 bits per heavy atom. The predicted molar refractivity (Wildman–Crippen MR) is 580 cm³/mol. The summed E-state index contributed by atoms with van der Waals surface area (Å²) in [5, 5.41) is 4.30. The fraction of sp³-hybridized carbons (Fsp3) is 0.691. The number of hydrogen-bond donors (Lipinski definition) is 0. The van der Waals surface area contributed by atoms with Crippen molar-refractivity contribution in [1.29, 1.82) is 0 Å². The van der Waals surface area contributed by atoms with E-state index in [1.165, 1.54) is 250 Å². The van der Waals surface area contributed by atoms with Gasteiger partial charge in [-0.2, -0.15) is 5.10 Å². The molecule has 0 aliphatic heterocycles. The molecule has 3 nitrogen and oxygen atoms in total. The van der Waals surface area contributed by atoms with Gasteiger partial charge in [-0.25, -0.2) is 0 Å². The molecule has 0 spiro atoms. The molecular formula is C123H221N3. The number of benzene rings is 5. The molecule has 728 valence electrons. The normalized spacial score (nSPS) is 10.6. The Morgan fingerprint density at radius 3 is 0.746 bits per heavy atom. The second-order valence-corrected chi connectivity index (χ2v) is 42.5. The standard InChI is InChI=1S/C13H20.2C12H18.2C11H16.C10H15N.C10H22.C9H16N2.C9H20.C8H18.C7H16.C6H14.C5H12/c1-12(2)8-6-7-11-13-9-4-3-5-10-13;1-10(2)4-7-12-8-5-11(3)6-9-12;1-11(2)7-6-10-12-8-4-3-5-9-12;2*1-10(2)8-9-11-6-4-3-5-7-11;1-9(2)6-7-10-5-3-4-8-11-10;1-9(2)7-5-6-8-10(3)4;1-8(2)4-5-9-6-7-11(3)10-9;1-8(2)6-5-7-9(3)4;1-4-5-6-7-8(2)3;1-4-5-6-7(2)3;1-4-5-6(2)3;1-4-5(2)3/h3-5,9-10,12H,6-8,11H2,1-2H3;5-6,8-10H,4,7H2,1-3H3;3-5,8-9,11H,6-7,10H2,1-2H3;2*3-7,10H,8-9H2,1-2H3;3-5,8-9H,6-7H2,1-2H3;9-10H,5-8H2,1-4H3;6-8H,4-5H2,1-3H3;8-9H,5-7H2,1-4H3;8H,4-7H2,1-3H3;7H,4-6H2,1-3H3;6H,4-5H2,1-3H3;5H,4H2,1-3H3. The van der Waals surface area contributed by atoms with Gasteiger partial charge in [-0.1, -0.05) is 521 Å². The number of pyridine rings is 1. The Bertz CT molecular complexity index is 2980. The fourth-order valence-electron chi connectivity index (χ4n) is 12.3. The third-order valence-corrected chi connectivity index (χ3v) is 21.3. The summed E-state index contributed by atoms with van der Waals surface area (Å²) in [6.45, 7) is 79.2. The summed E-state index contributed by atoms with van der Waals surface area (Å²) in [6.07, 6.45) is 48.9. The minimum Gasteiger partial charge on any atom is -0.276 e. The van der Waals surface area contributed by atoms with Crippen LogP contribution in [0.25, 0.3) is 0 Å². The van der Waals surface area contributed by atoms with E-state index in [0.29, 0.717) is 0 Å². The molecule has 126 heavy (non-hydrogen) atoms. The summed E-state index contributed by atoms with van der Waals surface area (Å²) in [4.78, 5) is 4.25. The summed E-state index contributed by atoms with van der Waals surface area (Å²) in [5.41, 5.74) is 11.1. The van der Waals surface area contributed by atoms with Gasteiger partial charge in [0, 0.05) is 25.1 Å². The molecule has 0 saturated heterocycles. The van der Waals surface area contributed by atoms with Gasteiger partial charge in [0.05, 0.1) is 5.69 Å². The molecule has 5 aromatic carbocycles. The highest BCUT2D eigenvalue weighted by Crippen LogP contribution is 2.18. The topological polar surface area (TPSA) is 30.7 Å². The van der Waals surface area contributed by atoms with E-state index < -0.39 is 0 Å². The summed E-state index contributed by atoms with van der Waals surface area (Å²) in [7, 11) is 1.96. The molecule has 0 atom stereocenters. The van der Waals surface area contributed by atoms with Gasteiger partial charge in [-0.3, -0.25) is 9.67 Å². The molecule has 0 aliphatic carbocycles. The molecule has 0 unspecified atom stereocenters. The number of aromatic nitrogens is 3. The van der Waals surface area contributed by atoms with Gasteiger partial charge in [0.2, 0.25) is 0 Å². The monoisotopic (exact) mass is 1740 g/mol. The van der Waals surface area contributed by atoms with Crippen molar-refractivity contribution in [3.05, 3.63) is 227 Å². The van der Waals surface area contributed by atoms with E-state index in [4.69, 9.17) is 0 Å². The lowest BCUT2D eigenvalue weighted by molar-refractivity contribution is 0.480. The second kappa shape index (κ2) is 95.5. The molecule has 0 N–H and O–H groups in total. The lowest BCUT2D eigenvalue weighted by atomic mass is 10.0. The van der Waals surface area contributed by atoms with Crippen molar-refractivity contribution in [2.75, 3.05) is 0 Å². The van der Waals surface area contributed by atoms with Crippen molar-refractivity contribution in [2.45, 2.75) is 461 Å². The van der Waals surface area contributed by atoms with E-state index in [1.807, 2.05) is 36.3 Å². The lowest BCUT2D eigenvalue weighted by Gasteiger charge is -2.05. The molecule has 3 heteroatoms. The zero-order valence-corrected chi connectivity index (χ0v) is 91.4. The summed E-state index contributed by atoms with van der Waals surface area (Å²) in [6, 6.07) is 59.9. The maximum absolute atomic E-state index is 4.30. The molecular weight excluding hydrogens is 1520 g/mol. The highest BCUT2D eigenvalue weighted by molar-refractivity contribution is 5.22. The van der Waals surface area contributed by atoms with Crippen LogP contribution in [0, 0.1) is 95.7 Å². The Kier molecular flexibility index (Phi) is 99.5. The number of unbranched alkanes of at least 4 members (excludes halogenated alkanes) is 5. The highest BCUT2D eigenvalue weighted by atomic mass is 15.2. The van der Waals surface area contributed by atoms with Gasteiger partial charge in [0.15, 0.2) is 0 Å². The van der Waals surface area contributed by atoms with Crippen LogP contribution in [-0.4, -0.2) is 14.8 Å². The Hall–Kier alpha value is -5.54. The largest absolute Gasteiger partial charge is 0.276 e. The molecule has 0 saturated carbocycles. The molecule has 0 aliphatic rings. The number of hydrogen-bond acceptors (Lipinski definition) is 2. The predicted octanol–water partition coefficient (Wildman–Crippen LogP) is 40.4. The molecule has 2 heterocycles. The Labute approximate surface area is 793 Å². The van der Waals surface area contributed by atoms with Crippen LogP contribution in [0.4, 0.5) is 0 Å². The highest BCUT2D eigenvalue weighted by Gasteiger charge is 2.04. The first-order chi connectivity index (χ1) is 59.6. The van der Waals surface area contributed by atoms with Crippen molar-refractivity contribution in [2.24, 2.45) is 95.8 Å². The maximum Gasteiger partial charge on any atom is 0.0624 e. The third-order valence-electron chi connectivity index (χ3n) is 21.3. The summed E-state index contributed by atoms with van der Waals surface area (Å²) >= 11 is 0. The van der Waals surface area contributed by atoms with Gasteiger partial charge in [-0.15, -0.1) is 0 Å². The first-order valence-electron chi connectivity index (χ1n) is 52.7. The van der Waals surface area contributed by atoms with Crippen LogP contribution in [0.15, 0.2) is 182 Å². The SMILES string of the molecule is CC(C)CCCC(C)C.CC(C)CCCCC(C)C.CC(C)CCCCc1ccccc1.CC(C)CCCc1ccccc1.CC(C)CCc1ccccc1.CC(C)CCc1ccccc1.CC(C)CCc1ccccn1.CC(C)CCc1ccn(C)n1.CCC(C)C.CCCC(C)C.CCCCC(C)C.CCCCCC(C)C.Cc1ccc(CCC(C)C)cc1. The maximum atomic E-state index is 4.30. The van der Waals surface area contributed by atoms with Crippen LogP contribution in [0.2, 0.25) is 0 Å². The minimum atomic E-state index is 0.775. The molecule has 0 fully saturated rings.